The van der Waals surface area contributed by atoms with Crippen LogP contribution in [0.1, 0.15) is 0 Å². The maximum atomic E-state index is 4.76. The van der Waals surface area contributed by atoms with Crippen LogP contribution in [0, 0.1) is 12.1 Å². The fourth-order valence-corrected chi connectivity index (χ4v) is 8.78. The number of aromatic nitrogens is 3. The van der Waals surface area contributed by atoms with Gasteiger partial charge in [-0.1, -0.05) is 133 Å². The second kappa shape index (κ2) is 17.9. The first kappa shape index (κ1) is 40.3. The van der Waals surface area contributed by atoms with E-state index < -0.39 is 0 Å². The summed E-state index contributed by atoms with van der Waals surface area (Å²) in [7, 11) is 0. The first-order valence-electron chi connectivity index (χ1n) is 21.2. The summed E-state index contributed by atoms with van der Waals surface area (Å²) in [4.78, 5) is 9.21. The van der Waals surface area contributed by atoms with Gasteiger partial charge in [-0.05, 0) is 109 Å². The molecule has 64 heavy (non-hydrogen) atoms. The van der Waals surface area contributed by atoms with Crippen molar-refractivity contribution in [3.8, 4) is 61.6 Å². The second-order valence-electron chi connectivity index (χ2n) is 15.6. The summed E-state index contributed by atoms with van der Waals surface area (Å²) in [5.41, 5.74) is 14.5. The minimum atomic E-state index is 0. The van der Waals surface area contributed by atoms with Gasteiger partial charge in [0.15, 0.2) is 0 Å². The molecule has 0 unspecified atom stereocenters. The molecule has 0 spiro atoms. The average molecular weight is 994 g/mol. The zero-order chi connectivity index (χ0) is 42.0. The van der Waals surface area contributed by atoms with E-state index in [0.717, 1.165) is 44.7 Å². The molecule has 0 N–H and O–H groups in total. The van der Waals surface area contributed by atoms with Crippen molar-refractivity contribution in [2.45, 2.75) is 0 Å². The van der Waals surface area contributed by atoms with E-state index in [2.05, 4.69) is 198 Å². The van der Waals surface area contributed by atoms with Gasteiger partial charge in [0, 0.05) is 49.0 Å². The number of hydrogen-bond donors (Lipinski definition) is 0. The molecule has 0 saturated carbocycles. The third kappa shape index (κ3) is 7.82. The molecule has 3 nitrogen and oxygen atoms in total. The third-order valence-electron chi connectivity index (χ3n) is 11.8. The smallest absolute Gasteiger partial charge is 0.0541 e. The predicted octanol–water partition coefficient (Wildman–Crippen LogP) is 15.5. The zero-order valence-corrected chi connectivity index (χ0v) is 37.1. The third-order valence-corrected chi connectivity index (χ3v) is 11.8. The first-order valence-corrected chi connectivity index (χ1v) is 21.2. The molecule has 3 aromatic heterocycles. The molecule has 0 fully saturated rings. The summed E-state index contributed by atoms with van der Waals surface area (Å²) < 4.78 is 2.40. The Morgan fingerprint density at radius 2 is 0.812 bits per heavy atom. The number of benzene rings is 9. The minimum Gasteiger partial charge on any atom is -0.309 e. The normalized spacial score (nSPS) is 11.0. The second-order valence-corrected chi connectivity index (χ2v) is 15.6. The quantitative estimate of drug-likeness (QED) is 0.155. The van der Waals surface area contributed by atoms with Gasteiger partial charge in [0.05, 0.1) is 11.0 Å². The molecule has 12 rings (SSSR count). The van der Waals surface area contributed by atoms with Gasteiger partial charge in [-0.2, -0.15) is 0 Å². The van der Waals surface area contributed by atoms with Gasteiger partial charge in [-0.25, -0.2) is 0 Å². The summed E-state index contributed by atoms with van der Waals surface area (Å²) in [5.74, 6) is 0. The van der Waals surface area contributed by atoms with Crippen molar-refractivity contribution < 1.29 is 20.1 Å². The Balaban J connectivity index is 0.000000240. The molecule has 9 aromatic carbocycles. The van der Waals surface area contributed by atoms with Crippen LogP contribution in [0.15, 0.2) is 237 Å². The van der Waals surface area contributed by atoms with E-state index >= 15 is 0 Å². The van der Waals surface area contributed by atoms with Crippen LogP contribution >= 0.6 is 0 Å². The van der Waals surface area contributed by atoms with E-state index in [0.29, 0.717) is 0 Å². The number of fused-ring (bicyclic) bond motifs is 5. The Morgan fingerprint density at radius 1 is 0.328 bits per heavy atom. The molecule has 0 amide bonds. The number of para-hydroxylation sites is 2. The van der Waals surface area contributed by atoms with Crippen LogP contribution in [0.25, 0.3) is 105 Å². The van der Waals surface area contributed by atoms with E-state index in [1.807, 2.05) is 60.9 Å². The van der Waals surface area contributed by atoms with E-state index in [4.69, 9.17) is 4.98 Å². The summed E-state index contributed by atoms with van der Waals surface area (Å²) in [6.07, 6.45) is 3.73. The van der Waals surface area contributed by atoms with E-state index in [9.17, 15) is 0 Å². The summed E-state index contributed by atoms with van der Waals surface area (Å²) >= 11 is 0. The van der Waals surface area contributed by atoms with Crippen molar-refractivity contribution >= 4 is 43.4 Å². The number of hydrogen-bond acceptors (Lipinski definition) is 2. The van der Waals surface area contributed by atoms with Crippen LogP contribution in [0.5, 0.6) is 0 Å². The van der Waals surface area contributed by atoms with Crippen LogP contribution in [0.4, 0.5) is 0 Å². The molecule has 0 aliphatic rings. The molecule has 4 heteroatoms. The van der Waals surface area contributed by atoms with Crippen LogP contribution in [-0.4, -0.2) is 14.5 Å². The molecule has 12 aromatic rings. The number of rotatable bonds is 6. The van der Waals surface area contributed by atoms with Crippen molar-refractivity contribution in [3.05, 3.63) is 249 Å². The summed E-state index contributed by atoms with van der Waals surface area (Å²) in [6, 6.07) is 85.6. The Bertz CT molecular complexity index is 3510. The molecule has 0 bridgehead atoms. The summed E-state index contributed by atoms with van der Waals surface area (Å²) in [6.45, 7) is 0. The van der Waals surface area contributed by atoms with Gasteiger partial charge in [0.2, 0.25) is 0 Å². The van der Waals surface area contributed by atoms with Gasteiger partial charge in [-0.15, -0.1) is 71.3 Å². The fourth-order valence-electron chi connectivity index (χ4n) is 8.78. The standard InChI is InChI=1S/C45H29N2.C15H10N.Ir/c1-2-12-31(13-3-1)37-28-38(30-39(29-37)47-43-22-8-6-20-41(43)42-21-7-9-23-44(42)47)35-17-10-15-33(26-35)34-16-11-18-36(27-34)45-40-19-5-4-14-32(40)24-25-46-45;1-2-7-13(8-3-1)15-14-9-5-4-6-12(14)10-11-16-15;/h1-17,19-30H;1-7,9-11H;/q2*-1;. The maximum absolute atomic E-state index is 4.76. The monoisotopic (exact) mass is 994 g/mol. The van der Waals surface area contributed by atoms with Crippen molar-refractivity contribution in [1.82, 2.24) is 14.5 Å². The molecule has 305 valence electrons. The van der Waals surface area contributed by atoms with Crippen LogP contribution in [0.2, 0.25) is 0 Å². The van der Waals surface area contributed by atoms with Gasteiger partial charge in [-0.3, -0.25) is 0 Å². The molecule has 0 aliphatic heterocycles. The Hall–Kier alpha value is -7.75. The van der Waals surface area contributed by atoms with Crippen LogP contribution < -0.4 is 0 Å². The number of pyridine rings is 2. The van der Waals surface area contributed by atoms with Crippen LogP contribution in [0.3, 0.4) is 0 Å². The largest absolute Gasteiger partial charge is 0.309 e. The number of nitrogens with zero attached hydrogens (tertiary/aromatic N) is 3. The van der Waals surface area contributed by atoms with Crippen molar-refractivity contribution in [2.75, 3.05) is 0 Å². The van der Waals surface area contributed by atoms with Crippen molar-refractivity contribution in [1.29, 1.82) is 0 Å². The van der Waals surface area contributed by atoms with Gasteiger partial charge in [0.25, 0.3) is 0 Å². The van der Waals surface area contributed by atoms with Gasteiger partial charge >= 0.3 is 0 Å². The summed E-state index contributed by atoms with van der Waals surface area (Å²) in [5, 5.41) is 7.21. The molecule has 0 saturated heterocycles. The van der Waals surface area contributed by atoms with E-state index in [1.165, 1.54) is 60.2 Å². The Morgan fingerprint density at radius 3 is 1.45 bits per heavy atom. The predicted molar refractivity (Wildman–Crippen MR) is 263 cm³/mol. The fraction of sp³-hybridized carbons (Fsp3) is 0. The Kier molecular flexibility index (Phi) is 11.3. The van der Waals surface area contributed by atoms with E-state index in [-0.39, 0.29) is 20.1 Å². The van der Waals surface area contributed by atoms with Gasteiger partial charge in [0.1, 0.15) is 0 Å². The van der Waals surface area contributed by atoms with Gasteiger partial charge < -0.3 is 14.5 Å². The van der Waals surface area contributed by atoms with Crippen molar-refractivity contribution in [3.63, 3.8) is 0 Å². The average Bonchev–Trinajstić information content (AvgIpc) is 3.71. The first-order chi connectivity index (χ1) is 31.2. The molecular weight excluding hydrogens is 955 g/mol. The molecular formula is C60H39IrN3-2. The molecule has 1 radical (unpaired) electrons. The molecule has 0 atom stereocenters. The maximum Gasteiger partial charge on any atom is 0.0541 e. The zero-order valence-electron chi connectivity index (χ0n) is 34.7. The van der Waals surface area contributed by atoms with Crippen molar-refractivity contribution in [2.24, 2.45) is 0 Å². The van der Waals surface area contributed by atoms with Crippen LogP contribution in [-0.2, 0) is 20.1 Å². The van der Waals surface area contributed by atoms with E-state index in [1.54, 1.807) is 0 Å². The molecule has 3 heterocycles. The minimum absolute atomic E-state index is 0. The Labute approximate surface area is 386 Å². The SMILES string of the molecule is [Ir].[c-]1ccc(-c2cccc(-c3cc(-c4ccccc4)cc(-n4c5ccccc5c5ccccc54)c3)c2)cc1-c1nccc2ccccc12.[c-]1ccccc1-c1nccc2ccccc12. The topological polar surface area (TPSA) is 30.7 Å². The molecule has 0 aliphatic carbocycles.